The van der Waals surface area contributed by atoms with E-state index in [2.05, 4.69) is 276 Å². The maximum absolute atomic E-state index is 5.46. The van der Waals surface area contributed by atoms with Crippen molar-refractivity contribution in [3.8, 4) is 56.2 Å². The summed E-state index contributed by atoms with van der Waals surface area (Å²) in [5.74, 6) is 0.669. The zero-order valence-corrected chi connectivity index (χ0v) is 41.2. The van der Waals surface area contributed by atoms with Gasteiger partial charge in [0.05, 0.1) is 11.4 Å². The molecular weight excluding hydrogens is 860 g/mol. The Morgan fingerprint density at radius 1 is 0.324 bits per heavy atom. The number of benzene rings is 9. The molecule has 0 fully saturated rings. The standard InChI is InChI=1S/C66H55BN4/c1-65(2,3)51-29-33-53(34-30-51)70-59-37-27-48(44-19-11-7-12-20-44)39-55(59)67-56-40-49(45-21-13-8-14-22-45)28-38-60(56)71(54-35-31-52(32-36-54)66(4,5)6)62-42-50(41-61(70)63(62)67)64-68-57(46-23-15-9-16-24-46)43-58(69-64)47-25-17-10-18-26-47/h7-43H,1-6H3. The maximum atomic E-state index is 5.46. The van der Waals surface area contributed by atoms with Gasteiger partial charge in [-0.3, -0.25) is 0 Å². The monoisotopic (exact) mass is 914 g/mol. The number of anilines is 6. The van der Waals surface area contributed by atoms with E-state index in [1.54, 1.807) is 0 Å². The van der Waals surface area contributed by atoms with E-state index in [1.807, 2.05) is 0 Å². The van der Waals surface area contributed by atoms with Gasteiger partial charge in [0.15, 0.2) is 5.82 Å². The lowest BCUT2D eigenvalue weighted by Gasteiger charge is -2.44. The molecule has 9 aromatic carbocycles. The third-order valence-electron chi connectivity index (χ3n) is 14.4. The van der Waals surface area contributed by atoms with Crippen LogP contribution in [0.5, 0.6) is 0 Å². The van der Waals surface area contributed by atoms with Crippen molar-refractivity contribution in [2.75, 3.05) is 9.80 Å². The van der Waals surface area contributed by atoms with Gasteiger partial charge in [0.1, 0.15) is 0 Å². The Labute approximate surface area is 419 Å². The Bertz CT molecular complexity index is 3350. The second-order valence-corrected chi connectivity index (χ2v) is 21.1. The molecule has 5 heteroatoms. The lowest BCUT2D eigenvalue weighted by atomic mass is 9.33. The van der Waals surface area contributed by atoms with Crippen LogP contribution in [0.3, 0.4) is 0 Å². The topological polar surface area (TPSA) is 32.3 Å². The predicted molar refractivity (Wildman–Crippen MR) is 301 cm³/mol. The van der Waals surface area contributed by atoms with Gasteiger partial charge in [-0.25, -0.2) is 9.97 Å². The molecule has 12 rings (SSSR count). The summed E-state index contributed by atoms with van der Waals surface area (Å²) in [4.78, 5) is 15.9. The number of hydrogen-bond acceptors (Lipinski definition) is 4. The number of fused-ring (bicyclic) bond motifs is 4. The van der Waals surface area contributed by atoms with E-state index in [0.717, 1.165) is 62.2 Å². The lowest BCUT2D eigenvalue weighted by molar-refractivity contribution is 0.590. The Balaban J connectivity index is 1.19. The molecule has 4 nitrogen and oxygen atoms in total. The summed E-state index contributed by atoms with van der Waals surface area (Å²) in [6.07, 6.45) is 0. The van der Waals surface area contributed by atoms with Crippen molar-refractivity contribution in [3.05, 3.63) is 236 Å². The second kappa shape index (κ2) is 17.3. The predicted octanol–water partition coefficient (Wildman–Crippen LogP) is 15.5. The van der Waals surface area contributed by atoms with Gasteiger partial charge in [0.2, 0.25) is 0 Å². The molecule has 0 spiro atoms. The Kier molecular flexibility index (Phi) is 10.7. The van der Waals surface area contributed by atoms with Crippen LogP contribution >= 0.6 is 0 Å². The molecule has 0 saturated carbocycles. The fourth-order valence-corrected chi connectivity index (χ4v) is 10.6. The minimum atomic E-state index is -0.113. The van der Waals surface area contributed by atoms with E-state index >= 15 is 0 Å². The van der Waals surface area contributed by atoms with E-state index in [9.17, 15) is 0 Å². The first-order chi connectivity index (χ1) is 34.5. The molecule has 10 aromatic rings. The van der Waals surface area contributed by atoms with E-state index in [4.69, 9.17) is 9.97 Å². The highest BCUT2D eigenvalue weighted by Crippen LogP contribution is 2.47. The molecule has 342 valence electrons. The van der Waals surface area contributed by atoms with Gasteiger partial charge in [-0.2, -0.15) is 0 Å². The van der Waals surface area contributed by atoms with Gasteiger partial charge in [-0.15, -0.1) is 0 Å². The molecule has 3 heterocycles. The first-order valence-corrected chi connectivity index (χ1v) is 24.8. The number of nitrogens with zero attached hydrogens (tertiary/aromatic N) is 4. The van der Waals surface area contributed by atoms with E-state index in [0.29, 0.717) is 5.82 Å². The summed E-state index contributed by atoms with van der Waals surface area (Å²) in [6, 6.07) is 82.1. The van der Waals surface area contributed by atoms with Gasteiger partial charge in [0, 0.05) is 50.8 Å². The molecule has 2 aliphatic heterocycles. The summed E-state index contributed by atoms with van der Waals surface area (Å²) < 4.78 is 0. The summed E-state index contributed by atoms with van der Waals surface area (Å²) in [5, 5.41) is 0. The van der Waals surface area contributed by atoms with Gasteiger partial charge in [-0.1, -0.05) is 211 Å². The first-order valence-electron chi connectivity index (χ1n) is 24.8. The summed E-state index contributed by atoms with van der Waals surface area (Å²) in [6.45, 7) is 13.6. The van der Waals surface area contributed by atoms with Crippen LogP contribution in [0.1, 0.15) is 52.7 Å². The fourth-order valence-electron chi connectivity index (χ4n) is 10.6. The van der Waals surface area contributed by atoms with Gasteiger partial charge in [-0.05, 0) is 115 Å². The highest BCUT2D eigenvalue weighted by atomic mass is 15.2. The van der Waals surface area contributed by atoms with Crippen molar-refractivity contribution >= 4 is 57.2 Å². The van der Waals surface area contributed by atoms with E-state index < -0.39 is 0 Å². The van der Waals surface area contributed by atoms with E-state index in [1.165, 1.54) is 49.8 Å². The molecule has 0 radical (unpaired) electrons. The van der Waals surface area contributed by atoms with Crippen LogP contribution in [0.15, 0.2) is 224 Å². The zero-order chi connectivity index (χ0) is 48.4. The summed E-state index contributed by atoms with van der Waals surface area (Å²) >= 11 is 0. The maximum Gasteiger partial charge on any atom is 0.252 e. The molecule has 0 N–H and O–H groups in total. The molecular formula is C66H55BN4. The molecule has 0 saturated heterocycles. The van der Waals surface area contributed by atoms with Crippen LogP contribution in [0.2, 0.25) is 0 Å². The number of aromatic nitrogens is 2. The second-order valence-electron chi connectivity index (χ2n) is 21.1. The Hall–Kier alpha value is -8.28. The average Bonchev–Trinajstić information content (AvgIpc) is 3.41. The van der Waals surface area contributed by atoms with Crippen LogP contribution in [-0.2, 0) is 10.8 Å². The van der Waals surface area contributed by atoms with Crippen LogP contribution in [0, 0.1) is 0 Å². The fraction of sp³-hybridized carbons (Fsp3) is 0.121. The van der Waals surface area contributed by atoms with Crippen molar-refractivity contribution in [2.24, 2.45) is 0 Å². The van der Waals surface area contributed by atoms with Gasteiger partial charge in [0.25, 0.3) is 6.71 Å². The highest BCUT2D eigenvalue weighted by molar-refractivity contribution is 7.00. The van der Waals surface area contributed by atoms with Crippen LogP contribution in [0.4, 0.5) is 34.1 Å². The third kappa shape index (κ3) is 8.02. The molecule has 2 aliphatic rings. The normalized spacial score (nSPS) is 12.8. The smallest absolute Gasteiger partial charge is 0.252 e. The molecule has 1 aromatic heterocycles. The highest BCUT2D eigenvalue weighted by Gasteiger charge is 2.44. The van der Waals surface area contributed by atoms with Crippen molar-refractivity contribution < 1.29 is 0 Å². The number of rotatable bonds is 7. The van der Waals surface area contributed by atoms with Gasteiger partial charge < -0.3 is 9.80 Å². The Morgan fingerprint density at radius 3 is 1.06 bits per heavy atom. The molecule has 71 heavy (non-hydrogen) atoms. The van der Waals surface area contributed by atoms with E-state index in [-0.39, 0.29) is 17.5 Å². The molecule has 0 amide bonds. The molecule has 0 unspecified atom stereocenters. The molecule has 0 atom stereocenters. The zero-order valence-electron chi connectivity index (χ0n) is 41.2. The van der Waals surface area contributed by atoms with Crippen molar-refractivity contribution in [3.63, 3.8) is 0 Å². The largest absolute Gasteiger partial charge is 0.311 e. The van der Waals surface area contributed by atoms with Crippen molar-refractivity contribution in [2.45, 2.75) is 52.4 Å². The van der Waals surface area contributed by atoms with Gasteiger partial charge >= 0.3 is 0 Å². The van der Waals surface area contributed by atoms with Crippen molar-refractivity contribution in [1.29, 1.82) is 0 Å². The molecule has 0 bridgehead atoms. The SMILES string of the molecule is CC(C)(C)c1ccc(N2c3ccc(-c4ccccc4)cc3B3c4cc(-c5ccccc5)ccc4N(c4ccc(C(C)(C)C)cc4)c4cc(-c5nc(-c6ccccc6)cc(-c6ccccc6)n5)cc2c43)cc1. The average molecular weight is 915 g/mol. The van der Waals surface area contributed by atoms with Crippen LogP contribution in [0.25, 0.3) is 56.2 Å². The quantitative estimate of drug-likeness (QED) is 0.149. The first kappa shape index (κ1) is 44.0. The summed E-state index contributed by atoms with van der Waals surface area (Å²) in [5.41, 5.74) is 22.6. The molecule has 0 aliphatic carbocycles. The lowest BCUT2D eigenvalue weighted by Crippen LogP contribution is -2.61. The van der Waals surface area contributed by atoms with Crippen molar-refractivity contribution in [1.82, 2.24) is 9.97 Å². The number of hydrogen-bond donors (Lipinski definition) is 0. The third-order valence-corrected chi connectivity index (χ3v) is 14.4. The minimum Gasteiger partial charge on any atom is -0.311 e. The minimum absolute atomic E-state index is 0.00607. The summed E-state index contributed by atoms with van der Waals surface area (Å²) in [7, 11) is 0. The van der Waals surface area contributed by atoms with Crippen LogP contribution in [-0.4, -0.2) is 16.7 Å². The van der Waals surface area contributed by atoms with Crippen LogP contribution < -0.4 is 26.2 Å². The Morgan fingerprint density at radius 2 is 0.690 bits per heavy atom.